The summed E-state index contributed by atoms with van der Waals surface area (Å²) >= 11 is 1.56. The third-order valence-electron chi connectivity index (χ3n) is 4.78. The maximum Gasteiger partial charge on any atom is 0.248 e. The van der Waals surface area contributed by atoms with E-state index in [4.69, 9.17) is 4.42 Å². The van der Waals surface area contributed by atoms with Crippen LogP contribution < -0.4 is 0 Å². The summed E-state index contributed by atoms with van der Waals surface area (Å²) in [5.41, 5.74) is 0.892. The first kappa shape index (κ1) is 16.9. The average molecular weight is 374 g/mol. The minimum atomic E-state index is -0.269. The molecule has 9 heteroatoms. The van der Waals surface area contributed by atoms with E-state index >= 15 is 0 Å². The maximum atomic E-state index is 12.5. The van der Waals surface area contributed by atoms with E-state index in [1.165, 1.54) is 0 Å². The molecule has 2 aliphatic rings. The number of carbonyl (C=O) groups excluding carboxylic acids is 3. The van der Waals surface area contributed by atoms with Crippen molar-refractivity contribution in [2.45, 2.75) is 31.6 Å². The molecule has 8 nitrogen and oxygen atoms in total. The van der Waals surface area contributed by atoms with Crippen LogP contribution in [0.15, 0.2) is 21.2 Å². The van der Waals surface area contributed by atoms with Gasteiger partial charge in [0.15, 0.2) is 0 Å². The van der Waals surface area contributed by atoms with Crippen LogP contribution in [-0.2, 0) is 14.4 Å². The highest BCUT2D eigenvalue weighted by atomic mass is 32.1. The van der Waals surface area contributed by atoms with Crippen molar-refractivity contribution >= 4 is 29.1 Å². The van der Waals surface area contributed by atoms with E-state index in [-0.39, 0.29) is 43.0 Å². The predicted molar refractivity (Wildman–Crippen MR) is 92.1 cm³/mol. The number of thiophene rings is 1. The van der Waals surface area contributed by atoms with Crippen molar-refractivity contribution in [3.05, 3.63) is 22.7 Å². The molecule has 4 rings (SSSR count). The standard InChI is InChI=1S/C17H18N4O4S/c22-13-3-4-14(23)21(13)9-15(24)20-6-1-2-11(8-20)16-18-19-17(25-16)12-5-7-26-10-12/h5,7,10-11H,1-4,6,8-9H2. The molecule has 2 aromatic rings. The fourth-order valence-electron chi connectivity index (χ4n) is 3.34. The first-order chi connectivity index (χ1) is 12.6. The molecular weight excluding hydrogens is 356 g/mol. The van der Waals surface area contributed by atoms with Crippen LogP contribution in [0.25, 0.3) is 11.5 Å². The quantitative estimate of drug-likeness (QED) is 0.755. The van der Waals surface area contributed by atoms with Gasteiger partial charge in [0, 0.05) is 36.9 Å². The lowest BCUT2D eigenvalue weighted by Crippen LogP contribution is -2.46. The summed E-state index contributed by atoms with van der Waals surface area (Å²) in [5, 5.41) is 12.1. The van der Waals surface area contributed by atoms with Crippen molar-refractivity contribution in [1.82, 2.24) is 20.0 Å². The van der Waals surface area contributed by atoms with Crippen LogP contribution >= 0.6 is 11.3 Å². The zero-order chi connectivity index (χ0) is 18.1. The lowest BCUT2D eigenvalue weighted by molar-refractivity contribution is -0.146. The first-order valence-electron chi connectivity index (χ1n) is 8.59. The summed E-state index contributed by atoms with van der Waals surface area (Å²) < 4.78 is 5.79. The highest BCUT2D eigenvalue weighted by Gasteiger charge is 2.34. The molecule has 136 valence electrons. The number of nitrogens with zero attached hydrogens (tertiary/aromatic N) is 4. The zero-order valence-electron chi connectivity index (χ0n) is 14.1. The number of rotatable bonds is 4. The van der Waals surface area contributed by atoms with Gasteiger partial charge in [-0.05, 0) is 24.3 Å². The van der Waals surface area contributed by atoms with Crippen LogP contribution in [0.5, 0.6) is 0 Å². The Balaban J connectivity index is 1.42. The topological polar surface area (TPSA) is 96.6 Å². The second-order valence-corrected chi connectivity index (χ2v) is 7.29. The largest absolute Gasteiger partial charge is 0.420 e. The minimum absolute atomic E-state index is 0.0300. The molecule has 1 unspecified atom stereocenters. The normalized spacial score (nSPS) is 20.8. The minimum Gasteiger partial charge on any atom is -0.420 e. The number of piperidine rings is 1. The van der Waals surface area contributed by atoms with E-state index in [0.29, 0.717) is 24.9 Å². The first-order valence-corrected chi connectivity index (χ1v) is 9.53. The van der Waals surface area contributed by atoms with E-state index in [9.17, 15) is 14.4 Å². The molecule has 4 heterocycles. The third kappa shape index (κ3) is 3.26. The molecule has 26 heavy (non-hydrogen) atoms. The lowest BCUT2D eigenvalue weighted by atomic mass is 9.98. The summed E-state index contributed by atoms with van der Waals surface area (Å²) in [6, 6.07) is 1.92. The van der Waals surface area contributed by atoms with E-state index < -0.39 is 0 Å². The highest BCUT2D eigenvalue weighted by Crippen LogP contribution is 2.29. The molecule has 2 fully saturated rings. The molecule has 0 spiro atoms. The van der Waals surface area contributed by atoms with Gasteiger partial charge in [-0.25, -0.2) is 0 Å². The number of hydrogen-bond donors (Lipinski definition) is 0. The molecule has 2 aliphatic heterocycles. The van der Waals surface area contributed by atoms with Crippen molar-refractivity contribution < 1.29 is 18.8 Å². The molecule has 0 aliphatic carbocycles. The van der Waals surface area contributed by atoms with Crippen molar-refractivity contribution in [1.29, 1.82) is 0 Å². The Morgan fingerprint density at radius 2 is 2.08 bits per heavy atom. The lowest BCUT2D eigenvalue weighted by Gasteiger charge is -2.32. The van der Waals surface area contributed by atoms with E-state index in [0.717, 1.165) is 23.3 Å². The molecule has 1 atom stereocenters. The second kappa shape index (κ2) is 6.99. The number of amides is 3. The summed E-state index contributed by atoms with van der Waals surface area (Å²) in [4.78, 5) is 38.7. The third-order valence-corrected chi connectivity index (χ3v) is 5.46. The summed E-state index contributed by atoms with van der Waals surface area (Å²) in [5.74, 6) is 0.229. The number of likely N-dealkylation sites (tertiary alicyclic amines) is 2. The fourth-order valence-corrected chi connectivity index (χ4v) is 3.97. The number of imide groups is 1. The molecule has 0 N–H and O–H groups in total. The van der Waals surface area contributed by atoms with E-state index in [1.807, 2.05) is 16.8 Å². The van der Waals surface area contributed by atoms with Gasteiger partial charge >= 0.3 is 0 Å². The van der Waals surface area contributed by atoms with Crippen LogP contribution in [0, 0.1) is 0 Å². The molecule has 0 saturated carbocycles. The van der Waals surface area contributed by atoms with Gasteiger partial charge < -0.3 is 9.32 Å². The second-order valence-electron chi connectivity index (χ2n) is 6.51. The summed E-state index contributed by atoms with van der Waals surface area (Å²) in [7, 11) is 0. The van der Waals surface area contributed by atoms with E-state index in [2.05, 4.69) is 10.2 Å². The Labute approximate surface area is 153 Å². The highest BCUT2D eigenvalue weighted by molar-refractivity contribution is 7.08. The van der Waals surface area contributed by atoms with E-state index in [1.54, 1.807) is 16.2 Å². The average Bonchev–Trinajstić information content (AvgIpc) is 3.39. The maximum absolute atomic E-state index is 12.5. The molecule has 2 saturated heterocycles. The van der Waals surface area contributed by atoms with Crippen molar-refractivity contribution in [2.75, 3.05) is 19.6 Å². The van der Waals surface area contributed by atoms with Crippen LogP contribution in [0.4, 0.5) is 0 Å². The fraction of sp³-hybridized carbons (Fsp3) is 0.471. The van der Waals surface area contributed by atoms with Gasteiger partial charge in [0.05, 0.1) is 5.92 Å². The van der Waals surface area contributed by atoms with Crippen LogP contribution in [0.2, 0.25) is 0 Å². The molecular formula is C17H18N4O4S. The zero-order valence-corrected chi connectivity index (χ0v) is 14.9. The molecule has 0 bridgehead atoms. The molecule has 2 aromatic heterocycles. The predicted octanol–water partition coefficient (Wildman–Crippen LogP) is 1.65. The van der Waals surface area contributed by atoms with Gasteiger partial charge in [-0.2, -0.15) is 11.3 Å². The number of hydrogen-bond acceptors (Lipinski definition) is 7. The molecule has 0 aromatic carbocycles. The van der Waals surface area contributed by atoms with Crippen molar-refractivity contribution in [3.8, 4) is 11.5 Å². The Morgan fingerprint density at radius 1 is 1.27 bits per heavy atom. The summed E-state index contributed by atoms with van der Waals surface area (Å²) in [6.07, 6.45) is 2.06. The number of aromatic nitrogens is 2. The van der Waals surface area contributed by atoms with Gasteiger partial charge in [0.25, 0.3) is 0 Å². The molecule has 0 radical (unpaired) electrons. The SMILES string of the molecule is O=C(CN1C(=O)CCC1=O)N1CCCC(c2nnc(-c3ccsc3)o2)C1. The van der Waals surface area contributed by atoms with Gasteiger partial charge in [0.1, 0.15) is 6.54 Å². The van der Waals surface area contributed by atoms with Crippen LogP contribution in [-0.4, -0.2) is 57.4 Å². The smallest absolute Gasteiger partial charge is 0.248 e. The molecule has 3 amide bonds. The van der Waals surface area contributed by atoms with Gasteiger partial charge in [-0.15, -0.1) is 10.2 Å². The van der Waals surface area contributed by atoms with Crippen molar-refractivity contribution in [2.24, 2.45) is 0 Å². The number of carbonyl (C=O) groups is 3. The summed E-state index contributed by atoms with van der Waals surface area (Å²) in [6.45, 7) is 0.895. The van der Waals surface area contributed by atoms with Crippen LogP contribution in [0.3, 0.4) is 0 Å². The monoisotopic (exact) mass is 374 g/mol. The Bertz CT molecular complexity index is 816. The van der Waals surface area contributed by atoms with Crippen LogP contribution in [0.1, 0.15) is 37.5 Å². The Hall–Kier alpha value is -2.55. The van der Waals surface area contributed by atoms with Gasteiger partial charge in [-0.3, -0.25) is 19.3 Å². The van der Waals surface area contributed by atoms with Gasteiger partial charge in [-0.1, -0.05) is 0 Å². The Morgan fingerprint density at radius 3 is 2.81 bits per heavy atom. The van der Waals surface area contributed by atoms with Crippen molar-refractivity contribution in [3.63, 3.8) is 0 Å². The van der Waals surface area contributed by atoms with Gasteiger partial charge in [0.2, 0.25) is 29.5 Å². The Kier molecular flexibility index (Phi) is 4.54.